The van der Waals surface area contributed by atoms with Crippen molar-refractivity contribution in [3.05, 3.63) is 65.1 Å². The summed E-state index contributed by atoms with van der Waals surface area (Å²) in [6, 6.07) is 12.2. The second-order valence-corrected chi connectivity index (χ2v) is 6.30. The molecule has 1 aromatic heterocycles. The molecular weight excluding hydrogens is 380 g/mol. The first-order chi connectivity index (χ1) is 13.5. The molecule has 0 saturated carbocycles. The summed E-state index contributed by atoms with van der Waals surface area (Å²) in [6.07, 6.45) is 1.31. The van der Waals surface area contributed by atoms with Crippen LogP contribution in [0.15, 0.2) is 48.8 Å². The van der Waals surface area contributed by atoms with Crippen molar-refractivity contribution in [3.63, 3.8) is 0 Å². The van der Waals surface area contributed by atoms with Crippen LogP contribution in [0.25, 0.3) is 0 Å². The zero-order chi connectivity index (χ0) is 20.1. The molecule has 28 heavy (non-hydrogen) atoms. The van der Waals surface area contributed by atoms with Crippen LogP contribution in [0, 0.1) is 6.92 Å². The maximum atomic E-state index is 12.5. The standard InChI is InChI=1S/C20H19ClN4O3/c1-12-4-5-13(8-15(12)21)24-20(26)17-10-19(23-11-22-17)25-16-7-6-14(27-2)9-18(16)28-3/h4-11H,1-3H3,(H,24,26)(H,22,23,25). The molecule has 7 nitrogen and oxygen atoms in total. The lowest BCUT2D eigenvalue weighted by Gasteiger charge is -2.12. The van der Waals surface area contributed by atoms with E-state index in [-0.39, 0.29) is 11.6 Å². The fourth-order valence-corrected chi connectivity index (χ4v) is 2.64. The first-order valence-corrected chi connectivity index (χ1v) is 8.76. The van der Waals surface area contributed by atoms with Gasteiger partial charge in [-0.1, -0.05) is 17.7 Å². The molecule has 3 aromatic rings. The predicted molar refractivity (Wildman–Crippen MR) is 109 cm³/mol. The molecule has 0 fully saturated rings. The van der Waals surface area contributed by atoms with Crippen molar-refractivity contribution >= 4 is 34.7 Å². The number of nitrogens with one attached hydrogen (secondary N) is 2. The highest BCUT2D eigenvalue weighted by molar-refractivity contribution is 6.31. The van der Waals surface area contributed by atoms with Gasteiger partial charge in [0.2, 0.25) is 0 Å². The minimum Gasteiger partial charge on any atom is -0.497 e. The summed E-state index contributed by atoms with van der Waals surface area (Å²) < 4.78 is 10.5. The van der Waals surface area contributed by atoms with E-state index >= 15 is 0 Å². The van der Waals surface area contributed by atoms with E-state index in [1.807, 2.05) is 13.0 Å². The molecule has 1 heterocycles. The number of benzene rings is 2. The van der Waals surface area contributed by atoms with Crippen LogP contribution in [0.4, 0.5) is 17.2 Å². The monoisotopic (exact) mass is 398 g/mol. The van der Waals surface area contributed by atoms with Crippen LogP contribution in [0.3, 0.4) is 0 Å². The van der Waals surface area contributed by atoms with E-state index in [2.05, 4.69) is 20.6 Å². The normalized spacial score (nSPS) is 10.3. The van der Waals surface area contributed by atoms with Crippen LogP contribution in [-0.4, -0.2) is 30.1 Å². The third kappa shape index (κ3) is 4.50. The summed E-state index contributed by atoms with van der Waals surface area (Å²) in [5.74, 6) is 1.33. The van der Waals surface area contributed by atoms with E-state index in [9.17, 15) is 4.79 Å². The summed E-state index contributed by atoms with van der Waals surface area (Å²) >= 11 is 6.10. The van der Waals surface area contributed by atoms with Crippen molar-refractivity contribution in [2.24, 2.45) is 0 Å². The molecular formula is C20H19ClN4O3. The number of aryl methyl sites for hydroxylation is 1. The Morgan fingerprint density at radius 1 is 1.04 bits per heavy atom. The molecule has 1 amide bonds. The Labute approximate surface area is 167 Å². The van der Waals surface area contributed by atoms with Crippen LogP contribution in [0.2, 0.25) is 5.02 Å². The molecule has 3 rings (SSSR count). The minimum atomic E-state index is -0.368. The summed E-state index contributed by atoms with van der Waals surface area (Å²) in [6.45, 7) is 1.89. The number of hydrogen-bond donors (Lipinski definition) is 2. The van der Waals surface area contributed by atoms with Crippen LogP contribution < -0.4 is 20.1 Å². The first kappa shape index (κ1) is 19.4. The highest BCUT2D eigenvalue weighted by Gasteiger charge is 2.12. The number of methoxy groups -OCH3 is 2. The van der Waals surface area contributed by atoms with Gasteiger partial charge in [-0.3, -0.25) is 4.79 Å². The summed E-state index contributed by atoms with van der Waals surface area (Å²) in [5, 5.41) is 6.47. The maximum absolute atomic E-state index is 12.5. The van der Waals surface area contributed by atoms with E-state index in [4.69, 9.17) is 21.1 Å². The molecule has 144 valence electrons. The quantitative estimate of drug-likeness (QED) is 0.638. The Kier molecular flexibility index (Phi) is 5.96. The van der Waals surface area contributed by atoms with E-state index in [0.29, 0.717) is 33.7 Å². The van der Waals surface area contributed by atoms with Crippen molar-refractivity contribution in [2.45, 2.75) is 6.92 Å². The van der Waals surface area contributed by atoms with Gasteiger partial charge in [-0.15, -0.1) is 0 Å². The average molecular weight is 399 g/mol. The zero-order valence-electron chi connectivity index (χ0n) is 15.6. The number of rotatable bonds is 6. The summed E-state index contributed by atoms with van der Waals surface area (Å²) in [5.41, 5.74) is 2.41. The lowest BCUT2D eigenvalue weighted by atomic mass is 10.2. The summed E-state index contributed by atoms with van der Waals surface area (Å²) in [4.78, 5) is 20.7. The lowest BCUT2D eigenvalue weighted by Crippen LogP contribution is -2.14. The molecule has 0 spiro atoms. The number of carbonyl (C=O) groups is 1. The Hall–Kier alpha value is -3.32. The number of ether oxygens (including phenoxy) is 2. The smallest absolute Gasteiger partial charge is 0.274 e. The molecule has 0 aliphatic carbocycles. The van der Waals surface area contributed by atoms with Crippen LogP contribution in [0.1, 0.15) is 16.1 Å². The number of anilines is 3. The molecule has 0 radical (unpaired) electrons. The lowest BCUT2D eigenvalue weighted by molar-refractivity contribution is 0.102. The van der Waals surface area contributed by atoms with Crippen molar-refractivity contribution in [3.8, 4) is 11.5 Å². The Morgan fingerprint density at radius 3 is 2.57 bits per heavy atom. The van der Waals surface area contributed by atoms with Crippen LogP contribution in [0.5, 0.6) is 11.5 Å². The maximum Gasteiger partial charge on any atom is 0.274 e. The van der Waals surface area contributed by atoms with Crippen molar-refractivity contribution in [1.29, 1.82) is 0 Å². The van der Waals surface area contributed by atoms with Gasteiger partial charge < -0.3 is 20.1 Å². The largest absolute Gasteiger partial charge is 0.497 e. The minimum absolute atomic E-state index is 0.210. The average Bonchev–Trinajstić information content (AvgIpc) is 2.71. The molecule has 2 N–H and O–H groups in total. The first-order valence-electron chi connectivity index (χ1n) is 8.38. The Morgan fingerprint density at radius 2 is 1.86 bits per heavy atom. The van der Waals surface area contributed by atoms with Crippen molar-refractivity contribution in [2.75, 3.05) is 24.9 Å². The molecule has 0 saturated heterocycles. The summed E-state index contributed by atoms with van der Waals surface area (Å²) in [7, 11) is 3.14. The molecule has 2 aromatic carbocycles. The molecule has 0 bridgehead atoms. The third-order valence-corrected chi connectivity index (χ3v) is 4.41. The number of amides is 1. The molecule has 0 aliphatic rings. The van der Waals surface area contributed by atoms with E-state index in [1.165, 1.54) is 6.33 Å². The van der Waals surface area contributed by atoms with E-state index in [1.54, 1.807) is 50.6 Å². The van der Waals surface area contributed by atoms with Crippen molar-refractivity contribution in [1.82, 2.24) is 9.97 Å². The number of hydrogen-bond acceptors (Lipinski definition) is 6. The molecule has 0 atom stereocenters. The van der Waals surface area contributed by atoms with Gasteiger partial charge in [0, 0.05) is 22.8 Å². The fraction of sp³-hybridized carbons (Fsp3) is 0.150. The van der Waals surface area contributed by atoms with Gasteiger partial charge in [0.05, 0.1) is 19.9 Å². The number of aromatic nitrogens is 2. The van der Waals surface area contributed by atoms with Gasteiger partial charge in [0.25, 0.3) is 5.91 Å². The van der Waals surface area contributed by atoms with E-state index < -0.39 is 0 Å². The molecule has 8 heteroatoms. The predicted octanol–water partition coefficient (Wildman–Crippen LogP) is 4.45. The van der Waals surface area contributed by atoms with Crippen LogP contribution in [-0.2, 0) is 0 Å². The second kappa shape index (κ2) is 8.58. The number of carbonyl (C=O) groups excluding carboxylic acids is 1. The highest BCUT2D eigenvalue weighted by atomic mass is 35.5. The molecule has 0 aliphatic heterocycles. The highest BCUT2D eigenvalue weighted by Crippen LogP contribution is 2.31. The van der Waals surface area contributed by atoms with Crippen molar-refractivity contribution < 1.29 is 14.3 Å². The van der Waals surface area contributed by atoms with Gasteiger partial charge in [-0.05, 0) is 36.8 Å². The topological polar surface area (TPSA) is 85.4 Å². The Balaban J connectivity index is 1.78. The SMILES string of the molecule is COc1ccc(Nc2cc(C(=O)Nc3ccc(C)c(Cl)c3)ncn2)c(OC)c1. The fourth-order valence-electron chi connectivity index (χ4n) is 2.46. The van der Waals surface area contributed by atoms with Crippen LogP contribution >= 0.6 is 11.6 Å². The Bertz CT molecular complexity index is 1010. The zero-order valence-corrected chi connectivity index (χ0v) is 16.4. The van der Waals surface area contributed by atoms with Gasteiger partial charge in [-0.2, -0.15) is 0 Å². The van der Waals surface area contributed by atoms with Gasteiger partial charge in [0.15, 0.2) is 0 Å². The molecule has 0 unspecified atom stereocenters. The van der Waals surface area contributed by atoms with E-state index in [0.717, 1.165) is 5.56 Å². The van der Waals surface area contributed by atoms with Gasteiger partial charge in [-0.25, -0.2) is 9.97 Å². The van der Waals surface area contributed by atoms with Gasteiger partial charge >= 0.3 is 0 Å². The number of nitrogens with zero attached hydrogens (tertiary/aromatic N) is 2. The number of halogens is 1. The second-order valence-electron chi connectivity index (χ2n) is 5.90. The van der Waals surface area contributed by atoms with Gasteiger partial charge in [0.1, 0.15) is 29.3 Å². The third-order valence-electron chi connectivity index (χ3n) is 4.00.